The number of para-hydroxylation sites is 8. The Labute approximate surface area is 545 Å². The van der Waals surface area contributed by atoms with Crippen LogP contribution in [0.1, 0.15) is 11.1 Å². The number of halogens is 3. The fourth-order valence-corrected chi connectivity index (χ4v) is 16.1. The number of rotatable bonds is 7. The van der Waals surface area contributed by atoms with Crippen molar-refractivity contribution in [1.29, 1.82) is 5.26 Å². The lowest BCUT2D eigenvalue weighted by Crippen LogP contribution is -2.16. The molecule has 450 valence electrons. The Morgan fingerprint density at radius 1 is 0.229 bits per heavy atom. The molecule has 0 saturated carbocycles. The first-order chi connectivity index (χ1) is 47.2. The number of benzene rings is 14. The second kappa shape index (κ2) is 20.1. The minimum absolute atomic E-state index is 0.0645. The van der Waals surface area contributed by atoms with Crippen molar-refractivity contribution in [2.45, 2.75) is 6.18 Å². The molecular weight excluding hydrogens is 1190 g/mol. The van der Waals surface area contributed by atoms with Gasteiger partial charge in [0.2, 0.25) is 0 Å². The van der Waals surface area contributed by atoms with Gasteiger partial charge in [-0.15, -0.1) is 0 Å². The Hall–Kier alpha value is -12.8. The predicted molar refractivity (Wildman–Crippen MR) is 388 cm³/mol. The molecule has 0 aliphatic heterocycles. The zero-order chi connectivity index (χ0) is 63.7. The highest BCUT2D eigenvalue weighted by molar-refractivity contribution is 6.17. The van der Waals surface area contributed by atoms with Gasteiger partial charge in [-0.25, -0.2) is 0 Å². The Morgan fingerprint density at radius 3 is 0.729 bits per heavy atom. The molecule has 14 aromatic carbocycles. The van der Waals surface area contributed by atoms with Crippen molar-refractivity contribution in [3.05, 3.63) is 314 Å². The van der Waals surface area contributed by atoms with E-state index in [9.17, 15) is 5.26 Å². The maximum Gasteiger partial charge on any atom is 0.420 e. The highest BCUT2D eigenvalue weighted by atomic mass is 19.4. The maximum atomic E-state index is 17.8. The smallest absolute Gasteiger partial charge is 0.309 e. The van der Waals surface area contributed by atoms with Gasteiger partial charge >= 0.3 is 6.18 Å². The van der Waals surface area contributed by atoms with Crippen LogP contribution in [-0.4, -0.2) is 27.4 Å². The average Bonchev–Trinajstić information content (AvgIpc) is 1.53. The third kappa shape index (κ3) is 7.65. The van der Waals surface area contributed by atoms with Gasteiger partial charge in [0.1, 0.15) is 5.56 Å². The summed E-state index contributed by atoms with van der Waals surface area (Å²) in [4.78, 5) is 0. The molecule has 0 atom stereocenters. The summed E-state index contributed by atoms with van der Waals surface area (Å²) in [6, 6.07) is 104. The molecule has 20 aromatic rings. The van der Waals surface area contributed by atoms with E-state index in [1.807, 2.05) is 112 Å². The van der Waals surface area contributed by atoms with Crippen LogP contribution in [0.4, 0.5) is 13.2 Å². The molecule has 96 heavy (non-hydrogen) atoms. The summed E-state index contributed by atoms with van der Waals surface area (Å²) in [7, 11) is 0. The molecule has 6 aromatic heterocycles. The standard InChI is InChI=1S/C86H50F3N7/c87-86(88,89)85-83(95-79-40-36-55(91-71-28-9-1-20-59(71)60-21-2-10-29-72(60)91)47-67(79)68-48-56(37-41-80(68)95)92-73-30-11-3-22-61(73)62-23-4-12-31-74(62)92)45-54(53-19-17-18-52(44-53)51-90)46-84(85)96-81-42-38-57(93-75-32-13-5-24-63(75)64-25-6-14-33-76(64)93)49-69(81)70-50-58(39-43-82(70)96)94-77-34-15-7-26-65(77)66-27-8-16-35-78(66)94/h1-50H. The maximum absolute atomic E-state index is 17.8. The third-order valence-corrected chi connectivity index (χ3v) is 20.0. The molecule has 0 spiro atoms. The van der Waals surface area contributed by atoms with E-state index in [-0.39, 0.29) is 11.4 Å². The summed E-state index contributed by atoms with van der Waals surface area (Å²) in [5.74, 6) is 0. The van der Waals surface area contributed by atoms with Crippen LogP contribution in [-0.2, 0) is 6.18 Å². The molecule has 0 bridgehead atoms. The highest BCUT2D eigenvalue weighted by Gasteiger charge is 2.40. The first-order valence-corrected chi connectivity index (χ1v) is 32.1. The Kier molecular flexibility index (Phi) is 11.3. The van der Waals surface area contributed by atoms with Crippen molar-refractivity contribution in [1.82, 2.24) is 27.4 Å². The Balaban J connectivity index is 0.912. The minimum Gasteiger partial charge on any atom is -0.309 e. The first kappa shape index (κ1) is 53.8. The van der Waals surface area contributed by atoms with Gasteiger partial charge in [-0.05, 0) is 157 Å². The van der Waals surface area contributed by atoms with E-state index < -0.39 is 11.7 Å². The highest BCUT2D eigenvalue weighted by Crippen LogP contribution is 2.49. The van der Waals surface area contributed by atoms with Gasteiger partial charge in [0, 0.05) is 87.4 Å². The summed E-state index contributed by atoms with van der Waals surface area (Å²) in [6.45, 7) is 0. The molecule has 10 heteroatoms. The van der Waals surface area contributed by atoms with E-state index >= 15 is 13.2 Å². The molecule has 0 saturated heterocycles. The summed E-state index contributed by atoms with van der Waals surface area (Å²) in [6.07, 6.45) is -4.96. The van der Waals surface area contributed by atoms with Gasteiger partial charge in [0.05, 0.1) is 89.2 Å². The number of alkyl halides is 3. The molecule has 0 radical (unpaired) electrons. The van der Waals surface area contributed by atoms with Crippen LogP contribution in [0.3, 0.4) is 0 Å². The van der Waals surface area contributed by atoms with E-state index in [2.05, 4.69) is 194 Å². The SMILES string of the molecule is N#Cc1cccc(-c2cc(-n3c4ccc(-n5c6ccccc6c6ccccc65)cc4c4cc(-n5c6ccccc6c6ccccc65)ccc43)c(C(F)(F)F)c(-n3c4ccc(-n5c6ccccc6c6ccccc65)cc4c4cc(-n5c6ccccc6c6ccccc65)ccc43)c2)c1. The lowest BCUT2D eigenvalue weighted by Gasteiger charge is -2.23. The monoisotopic (exact) mass is 1240 g/mol. The summed E-state index contributed by atoms with van der Waals surface area (Å²) >= 11 is 0. The van der Waals surface area contributed by atoms with Crippen molar-refractivity contribution >= 4 is 131 Å². The molecule has 0 unspecified atom stereocenters. The number of hydrogen-bond acceptors (Lipinski definition) is 1. The summed E-state index contributed by atoms with van der Waals surface area (Å²) in [5, 5.41) is 22.3. The Bertz CT molecular complexity index is 5870. The van der Waals surface area contributed by atoms with Crippen LogP contribution in [0.5, 0.6) is 0 Å². The number of hydrogen-bond donors (Lipinski definition) is 0. The first-order valence-electron chi connectivity index (χ1n) is 32.1. The fraction of sp³-hybridized carbons (Fsp3) is 0.0116. The molecule has 6 heterocycles. The van der Waals surface area contributed by atoms with Gasteiger partial charge in [-0.1, -0.05) is 158 Å². The van der Waals surface area contributed by atoms with Crippen LogP contribution in [0.2, 0.25) is 0 Å². The van der Waals surface area contributed by atoms with E-state index in [1.54, 1.807) is 30.3 Å². The van der Waals surface area contributed by atoms with Crippen LogP contribution in [0.25, 0.3) is 176 Å². The van der Waals surface area contributed by atoms with Crippen molar-refractivity contribution in [3.8, 4) is 51.3 Å². The van der Waals surface area contributed by atoms with Gasteiger partial charge in [-0.2, -0.15) is 18.4 Å². The topological polar surface area (TPSA) is 53.4 Å². The van der Waals surface area contributed by atoms with Crippen molar-refractivity contribution in [2.75, 3.05) is 0 Å². The van der Waals surface area contributed by atoms with Crippen LogP contribution in [0.15, 0.2) is 303 Å². The Morgan fingerprint density at radius 2 is 0.479 bits per heavy atom. The molecule has 0 aliphatic rings. The van der Waals surface area contributed by atoms with Crippen molar-refractivity contribution < 1.29 is 13.2 Å². The lowest BCUT2D eigenvalue weighted by molar-refractivity contribution is -0.137. The average molecular weight is 1240 g/mol. The molecule has 20 rings (SSSR count). The zero-order valence-corrected chi connectivity index (χ0v) is 51.1. The van der Waals surface area contributed by atoms with Gasteiger partial charge < -0.3 is 27.4 Å². The van der Waals surface area contributed by atoms with Crippen LogP contribution >= 0.6 is 0 Å². The van der Waals surface area contributed by atoms with Crippen molar-refractivity contribution in [2.24, 2.45) is 0 Å². The minimum atomic E-state index is -4.96. The van der Waals surface area contributed by atoms with Gasteiger partial charge in [-0.3, -0.25) is 0 Å². The normalized spacial score (nSPS) is 12.3. The summed E-state index contributed by atoms with van der Waals surface area (Å²) < 4.78 is 66.2. The number of nitriles is 1. The lowest BCUT2D eigenvalue weighted by atomic mass is 9.98. The quantitative estimate of drug-likeness (QED) is 0.157. The number of fused-ring (bicyclic) bond motifs is 18. The predicted octanol–water partition coefficient (Wildman–Crippen LogP) is 22.8. The second-order valence-electron chi connectivity index (χ2n) is 25.0. The largest absolute Gasteiger partial charge is 0.420 e. The molecule has 7 nitrogen and oxygen atoms in total. The van der Waals surface area contributed by atoms with Gasteiger partial charge in [0.15, 0.2) is 0 Å². The van der Waals surface area contributed by atoms with Crippen LogP contribution < -0.4 is 0 Å². The number of aromatic nitrogens is 6. The van der Waals surface area contributed by atoms with E-state index in [0.29, 0.717) is 38.8 Å². The fourth-order valence-electron chi connectivity index (χ4n) is 16.1. The molecule has 0 amide bonds. The third-order valence-electron chi connectivity index (χ3n) is 20.0. The zero-order valence-electron chi connectivity index (χ0n) is 51.1. The van der Waals surface area contributed by atoms with E-state index in [4.69, 9.17) is 0 Å². The summed E-state index contributed by atoms with van der Waals surface area (Å²) in [5.41, 5.74) is 14.4. The molecular formula is C86H50F3N7. The van der Waals surface area contributed by atoms with Crippen molar-refractivity contribution in [3.63, 3.8) is 0 Å². The molecule has 0 fully saturated rings. The second-order valence-corrected chi connectivity index (χ2v) is 25.0. The van der Waals surface area contributed by atoms with E-state index in [0.717, 1.165) is 132 Å². The van der Waals surface area contributed by atoms with Crippen LogP contribution in [0, 0.1) is 11.3 Å². The van der Waals surface area contributed by atoms with Gasteiger partial charge in [0.25, 0.3) is 0 Å². The van der Waals surface area contributed by atoms with E-state index in [1.165, 1.54) is 0 Å². The molecule has 0 aliphatic carbocycles. The number of nitrogens with zero attached hydrogens (tertiary/aromatic N) is 7. The molecule has 0 N–H and O–H groups in total.